The molecule has 0 bridgehead atoms. The Hall–Kier alpha value is -3.02. The lowest BCUT2D eigenvalue weighted by atomic mass is 10.2. The van der Waals surface area contributed by atoms with E-state index in [4.69, 9.17) is 0 Å². The number of non-ortho nitro benzene ring substituents is 1. The van der Waals surface area contributed by atoms with E-state index in [-0.39, 0.29) is 17.4 Å². The van der Waals surface area contributed by atoms with Gasteiger partial charge in [0.25, 0.3) is 5.69 Å². The molecule has 0 saturated carbocycles. The Kier molecular flexibility index (Phi) is 5.19. The van der Waals surface area contributed by atoms with Crippen LogP contribution in [0.3, 0.4) is 0 Å². The molecule has 1 amide bonds. The first-order valence-electron chi connectivity index (χ1n) is 6.88. The van der Waals surface area contributed by atoms with Gasteiger partial charge in [0.15, 0.2) is 0 Å². The number of nitro benzene ring substituents is 1. The fraction of sp³-hybridized carbons (Fsp3) is 0.118. The summed E-state index contributed by atoms with van der Waals surface area (Å²) in [4.78, 5) is 23.6. The molecule has 0 saturated heterocycles. The maximum absolute atomic E-state index is 12.8. The summed E-state index contributed by atoms with van der Waals surface area (Å²) < 4.78 is 12.8. The molecule has 118 valence electrons. The van der Waals surface area contributed by atoms with Crippen molar-refractivity contribution in [3.8, 4) is 0 Å². The smallest absolute Gasteiger partial charge is 0.269 e. The van der Waals surface area contributed by atoms with Gasteiger partial charge in [-0.25, -0.2) is 4.39 Å². The third-order valence-corrected chi connectivity index (χ3v) is 3.23. The van der Waals surface area contributed by atoms with E-state index in [2.05, 4.69) is 0 Å². The Labute approximate surface area is 132 Å². The molecule has 0 aromatic heterocycles. The first-order valence-corrected chi connectivity index (χ1v) is 6.88. The summed E-state index contributed by atoms with van der Waals surface area (Å²) in [6, 6.07) is 11.8. The maximum Gasteiger partial charge on any atom is 0.269 e. The molecular formula is C17H15FN2O3. The largest absolute Gasteiger partial charge is 0.338 e. The Balaban J connectivity index is 1.97. The fourth-order valence-corrected chi connectivity index (χ4v) is 1.94. The number of nitrogens with zero attached hydrogens (tertiary/aromatic N) is 2. The van der Waals surface area contributed by atoms with Gasteiger partial charge in [-0.2, -0.15) is 0 Å². The summed E-state index contributed by atoms with van der Waals surface area (Å²) >= 11 is 0. The number of halogens is 1. The topological polar surface area (TPSA) is 63.5 Å². The molecule has 0 N–H and O–H groups in total. The van der Waals surface area contributed by atoms with Crippen LogP contribution in [0.5, 0.6) is 0 Å². The number of carbonyl (C=O) groups excluding carboxylic acids is 1. The molecule has 0 radical (unpaired) electrons. The van der Waals surface area contributed by atoms with Crippen LogP contribution in [0, 0.1) is 15.9 Å². The van der Waals surface area contributed by atoms with E-state index < -0.39 is 4.92 Å². The number of amides is 1. The summed E-state index contributed by atoms with van der Waals surface area (Å²) in [5.74, 6) is -0.534. The Morgan fingerprint density at radius 3 is 2.35 bits per heavy atom. The molecule has 0 aliphatic carbocycles. The zero-order valence-electron chi connectivity index (χ0n) is 12.5. The standard InChI is InChI=1S/C17H15FN2O3/c1-19(12-14-2-7-15(18)8-3-14)17(21)11-6-13-4-9-16(10-5-13)20(22)23/h2-11H,12H2,1H3. The third-order valence-electron chi connectivity index (χ3n) is 3.23. The van der Waals surface area contributed by atoms with Gasteiger partial charge in [-0.1, -0.05) is 12.1 Å². The summed E-state index contributed by atoms with van der Waals surface area (Å²) in [6.07, 6.45) is 2.98. The second-order valence-corrected chi connectivity index (χ2v) is 5.00. The van der Waals surface area contributed by atoms with Crippen LogP contribution >= 0.6 is 0 Å². The zero-order chi connectivity index (χ0) is 16.8. The third kappa shape index (κ3) is 4.74. The molecule has 0 aliphatic rings. The van der Waals surface area contributed by atoms with Gasteiger partial charge in [-0.3, -0.25) is 14.9 Å². The number of nitro groups is 1. The number of hydrogen-bond acceptors (Lipinski definition) is 3. The maximum atomic E-state index is 12.8. The molecule has 2 aromatic rings. The lowest BCUT2D eigenvalue weighted by Crippen LogP contribution is -2.24. The molecule has 2 aromatic carbocycles. The zero-order valence-corrected chi connectivity index (χ0v) is 12.5. The van der Waals surface area contributed by atoms with Crippen molar-refractivity contribution >= 4 is 17.7 Å². The lowest BCUT2D eigenvalue weighted by molar-refractivity contribution is -0.384. The van der Waals surface area contributed by atoms with Crippen LogP contribution in [-0.4, -0.2) is 22.8 Å². The number of likely N-dealkylation sites (N-methyl/N-ethyl adjacent to an activating group) is 1. The van der Waals surface area contributed by atoms with Gasteiger partial charge in [-0.15, -0.1) is 0 Å². The molecule has 0 aliphatic heterocycles. The summed E-state index contributed by atoms with van der Waals surface area (Å²) in [5.41, 5.74) is 1.52. The number of carbonyl (C=O) groups is 1. The van der Waals surface area contributed by atoms with Gasteiger partial charge < -0.3 is 4.90 Å². The van der Waals surface area contributed by atoms with Crippen molar-refractivity contribution in [2.24, 2.45) is 0 Å². The van der Waals surface area contributed by atoms with Gasteiger partial charge in [0, 0.05) is 31.8 Å². The summed E-state index contributed by atoms with van der Waals surface area (Å²) in [5, 5.41) is 10.6. The van der Waals surface area contributed by atoms with Crippen LogP contribution in [0.2, 0.25) is 0 Å². The van der Waals surface area contributed by atoms with Crippen LogP contribution in [0.25, 0.3) is 6.08 Å². The second kappa shape index (κ2) is 7.31. The normalized spacial score (nSPS) is 10.7. The van der Waals surface area contributed by atoms with E-state index in [1.54, 1.807) is 37.4 Å². The molecule has 2 rings (SSSR count). The van der Waals surface area contributed by atoms with Crippen molar-refractivity contribution in [2.45, 2.75) is 6.54 Å². The Morgan fingerprint density at radius 2 is 1.78 bits per heavy atom. The monoisotopic (exact) mass is 314 g/mol. The van der Waals surface area contributed by atoms with Crippen LogP contribution < -0.4 is 0 Å². The van der Waals surface area contributed by atoms with Crippen molar-refractivity contribution in [3.63, 3.8) is 0 Å². The van der Waals surface area contributed by atoms with E-state index in [9.17, 15) is 19.3 Å². The van der Waals surface area contributed by atoms with Crippen LogP contribution in [0.15, 0.2) is 54.6 Å². The van der Waals surface area contributed by atoms with Crippen LogP contribution in [0.4, 0.5) is 10.1 Å². The van der Waals surface area contributed by atoms with E-state index in [0.29, 0.717) is 12.1 Å². The molecule has 0 unspecified atom stereocenters. The predicted octanol–water partition coefficient (Wildman–Crippen LogP) is 3.41. The number of hydrogen-bond donors (Lipinski definition) is 0. The molecule has 0 spiro atoms. The van der Waals surface area contributed by atoms with E-state index in [1.807, 2.05) is 0 Å². The quantitative estimate of drug-likeness (QED) is 0.482. The highest BCUT2D eigenvalue weighted by atomic mass is 19.1. The van der Waals surface area contributed by atoms with Gasteiger partial charge >= 0.3 is 0 Å². The SMILES string of the molecule is CN(Cc1ccc(F)cc1)C(=O)C=Cc1ccc([N+](=O)[O-])cc1. The average molecular weight is 314 g/mol. The number of rotatable bonds is 5. The van der Waals surface area contributed by atoms with Crippen molar-refractivity contribution in [1.29, 1.82) is 0 Å². The van der Waals surface area contributed by atoms with Gasteiger partial charge in [0.2, 0.25) is 5.91 Å². The van der Waals surface area contributed by atoms with E-state index >= 15 is 0 Å². The molecule has 0 heterocycles. The second-order valence-electron chi connectivity index (χ2n) is 5.00. The Bertz CT molecular complexity index is 725. The highest BCUT2D eigenvalue weighted by Crippen LogP contribution is 2.13. The molecule has 0 atom stereocenters. The summed E-state index contributed by atoms with van der Waals surface area (Å²) in [7, 11) is 1.64. The highest BCUT2D eigenvalue weighted by molar-refractivity contribution is 5.91. The molecule has 5 nitrogen and oxygen atoms in total. The van der Waals surface area contributed by atoms with Gasteiger partial charge in [0.05, 0.1) is 4.92 Å². The van der Waals surface area contributed by atoms with Crippen molar-refractivity contribution in [2.75, 3.05) is 7.05 Å². The molecular weight excluding hydrogens is 299 g/mol. The lowest BCUT2D eigenvalue weighted by Gasteiger charge is -2.15. The van der Waals surface area contributed by atoms with Crippen LogP contribution in [-0.2, 0) is 11.3 Å². The fourth-order valence-electron chi connectivity index (χ4n) is 1.94. The van der Waals surface area contributed by atoms with E-state index in [0.717, 1.165) is 5.56 Å². The van der Waals surface area contributed by atoms with Crippen LogP contribution in [0.1, 0.15) is 11.1 Å². The first-order chi connectivity index (χ1) is 11.0. The van der Waals surface area contributed by atoms with Crippen molar-refractivity contribution in [3.05, 3.63) is 81.7 Å². The predicted molar refractivity (Wildman–Crippen MR) is 85.0 cm³/mol. The van der Waals surface area contributed by atoms with Crippen molar-refractivity contribution < 1.29 is 14.1 Å². The molecule has 0 fully saturated rings. The average Bonchev–Trinajstić information content (AvgIpc) is 2.55. The van der Waals surface area contributed by atoms with E-state index in [1.165, 1.54) is 35.2 Å². The molecule has 6 heteroatoms. The highest BCUT2D eigenvalue weighted by Gasteiger charge is 2.06. The first kappa shape index (κ1) is 16.4. The summed E-state index contributed by atoms with van der Waals surface area (Å²) in [6.45, 7) is 0.365. The van der Waals surface area contributed by atoms with Gasteiger partial charge in [0.1, 0.15) is 5.82 Å². The minimum atomic E-state index is -0.477. The minimum absolute atomic E-state index is 0.00176. The van der Waals surface area contributed by atoms with Crippen molar-refractivity contribution in [1.82, 2.24) is 4.90 Å². The van der Waals surface area contributed by atoms with Gasteiger partial charge in [-0.05, 0) is 41.5 Å². The molecule has 23 heavy (non-hydrogen) atoms. The Morgan fingerprint density at radius 1 is 1.17 bits per heavy atom. The minimum Gasteiger partial charge on any atom is -0.338 e. The number of benzene rings is 2.